The molecule has 0 heterocycles. The average Bonchev–Trinajstić information content (AvgIpc) is 2.60. The van der Waals surface area contributed by atoms with Gasteiger partial charge in [0.15, 0.2) is 0 Å². The molecule has 124 valence electrons. The number of hydrogen-bond acceptors (Lipinski definition) is 3. The molecule has 1 atom stereocenters. The van der Waals surface area contributed by atoms with Crippen LogP contribution in [0.5, 0.6) is 0 Å². The van der Waals surface area contributed by atoms with E-state index in [1.165, 1.54) is 0 Å². The monoisotopic (exact) mass is 326 g/mol. The molecule has 0 spiro atoms. The summed E-state index contributed by atoms with van der Waals surface area (Å²) in [5, 5.41) is 13.7. The minimum Gasteiger partial charge on any atom is -0.480 e. The van der Waals surface area contributed by atoms with Crippen LogP contribution in [0, 0.1) is 0 Å². The van der Waals surface area contributed by atoms with E-state index < -0.39 is 24.5 Å². The number of carbonyl (C=O) groups is 3. The predicted octanol–water partition coefficient (Wildman–Crippen LogP) is 1.23. The Labute approximate surface area is 139 Å². The van der Waals surface area contributed by atoms with Crippen LogP contribution in [0.1, 0.15) is 15.9 Å². The van der Waals surface area contributed by atoms with Crippen LogP contribution in [-0.2, 0) is 16.0 Å². The van der Waals surface area contributed by atoms with Crippen molar-refractivity contribution >= 4 is 17.8 Å². The Morgan fingerprint density at radius 1 is 0.917 bits per heavy atom. The van der Waals surface area contributed by atoms with Gasteiger partial charge >= 0.3 is 5.97 Å². The van der Waals surface area contributed by atoms with Gasteiger partial charge in [-0.1, -0.05) is 48.5 Å². The second-order valence-electron chi connectivity index (χ2n) is 5.19. The van der Waals surface area contributed by atoms with Gasteiger partial charge < -0.3 is 15.7 Å². The Morgan fingerprint density at radius 2 is 1.50 bits per heavy atom. The quantitative estimate of drug-likeness (QED) is 0.713. The largest absolute Gasteiger partial charge is 0.480 e. The van der Waals surface area contributed by atoms with Crippen molar-refractivity contribution in [3.63, 3.8) is 0 Å². The summed E-state index contributed by atoms with van der Waals surface area (Å²) in [6, 6.07) is 16.9. The van der Waals surface area contributed by atoms with Crippen LogP contribution in [0.2, 0.25) is 0 Å². The lowest BCUT2D eigenvalue weighted by atomic mass is 10.0. The number of nitrogens with one attached hydrogen (secondary N) is 2. The summed E-state index contributed by atoms with van der Waals surface area (Å²) in [5.41, 5.74) is 1.29. The topological polar surface area (TPSA) is 95.5 Å². The fraction of sp³-hybridized carbons (Fsp3) is 0.167. The van der Waals surface area contributed by atoms with Gasteiger partial charge in [-0.2, -0.15) is 0 Å². The maximum Gasteiger partial charge on any atom is 0.322 e. The molecule has 2 aromatic carbocycles. The molecule has 0 radical (unpaired) electrons. The fourth-order valence-corrected chi connectivity index (χ4v) is 2.18. The zero-order chi connectivity index (χ0) is 17.4. The van der Waals surface area contributed by atoms with E-state index in [9.17, 15) is 14.4 Å². The Bertz CT molecular complexity index is 701. The maximum atomic E-state index is 12.3. The Balaban J connectivity index is 2.11. The summed E-state index contributed by atoms with van der Waals surface area (Å²) in [5.74, 6) is -2.07. The van der Waals surface area contributed by atoms with Crippen molar-refractivity contribution in [2.24, 2.45) is 0 Å². The molecule has 0 bridgehead atoms. The highest BCUT2D eigenvalue weighted by molar-refractivity contribution is 5.97. The Hall–Kier alpha value is -3.15. The molecule has 0 saturated carbocycles. The lowest BCUT2D eigenvalue weighted by Gasteiger charge is -2.18. The molecule has 0 aromatic heterocycles. The third-order valence-corrected chi connectivity index (χ3v) is 3.35. The summed E-state index contributed by atoms with van der Waals surface area (Å²) in [6.45, 7) is -0.495. The molecule has 0 aliphatic heterocycles. The normalized spacial score (nSPS) is 11.3. The smallest absolute Gasteiger partial charge is 0.322 e. The molecule has 2 aromatic rings. The summed E-state index contributed by atoms with van der Waals surface area (Å²) in [7, 11) is 0. The average molecular weight is 326 g/mol. The van der Waals surface area contributed by atoms with Crippen LogP contribution in [0.15, 0.2) is 60.7 Å². The van der Waals surface area contributed by atoms with Crippen molar-refractivity contribution in [3.8, 4) is 0 Å². The fourth-order valence-electron chi connectivity index (χ4n) is 2.18. The maximum absolute atomic E-state index is 12.3. The number of carboxylic acids is 1. The van der Waals surface area contributed by atoms with Gasteiger partial charge in [0, 0.05) is 12.0 Å². The Kier molecular flexibility index (Phi) is 6.08. The molecule has 0 aliphatic carbocycles. The van der Waals surface area contributed by atoms with E-state index >= 15 is 0 Å². The molecule has 3 N–H and O–H groups in total. The molecule has 24 heavy (non-hydrogen) atoms. The SMILES string of the molecule is O=C(O)CNC(=O)C(Cc1ccccc1)NC(=O)c1ccccc1. The number of rotatable bonds is 7. The predicted molar refractivity (Wildman–Crippen MR) is 88.5 cm³/mol. The first-order valence-electron chi connectivity index (χ1n) is 7.45. The minimum absolute atomic E-state index is 0.269. The highest BCUT2D eigenvalue weighted by atomic mass is 16.4. The molecule has 1 unspecified atom stereocenters. The van der Waals surface area contributed by atoms with Crippen molar-refractivity contribution in [3.05, 3.63) is 71.8 Å². The minimum atomic E-state index is -1.14. The van der Waals surface area contributed by atoms with Crippen molar-refractivity contribution in [1.82, 2.24) is 10.6 Å². The summed E-state index contributed by atoms with van der Waals surface area (Å²) >= 11 is 0. The molecule has 6 heteroatoms. The van der Waals surface area contributed by atoms with E-state index in [-0.39, 0.29) is 12.3 Å². The van der Waals surface area contributed by atoms with Gasteiger partial charge in [-0.3, -0.25) is 14.4 Å². The highest BCUT2D eigenvalue weighted by Crippen LogP contribution is 2.05. The van der Waals surface area contributed by atoms with Gasteiger partial charge in [-0.25, -0.2) is 0 Å². The third kappa shape index (κ3) is 5.24. The number of hydrogen-bond donors (Lipinski definition) is 3. The molecule has 0 fully saturated rings. The van der Waals surface area contributed by atoms with E-state index in [0.717, 1.165) is 5.56 Å². The van der Waals surface area contributed by atoms with Crippen LogP contribution >= 0.6 is 0 Å². The van der Waals surface area contributed by atoms with E-state index in [0.29, 0.717) is 5.56 Å². The van der Waals surface area contributed by atoms with Gasteiger partial charge in [-0.15, -0.1) is 0 Å². The summed E-state index contributed by atoms with van der Waals surface area (Å²) in [4.78, 5) is 35.1. The summed E-state index contributed by atoms with van der Waals surface area (Å²) < 4.78 is 0. The van der Waals surface area contributed by atoms with Gasteiger partial charge in [0.25, 0.3) is 5.91 Å². The Morgan fingerprint density at radius 3 is 2.08 bits per heavy atom. The van der Waals surface area contributed by atoms with Crippen LogP contribution in [0.4, 0.5) is 0 Å². The second-order valence-corrected chi connectivity index (χ2v) is 5.19. The van der Waals surface area contributed by atoms with Crippen molar-refractivity contribution in [2.75, 3.05) is 6.54 Å². The molecule has 2 rings (SSSR count). The zero-order valence-corrected chi connectivity index (χ0v) is 12.9. The zero-order valence-electron chi connectivity index (χ0n) is 12.9. The molecular weight excluding hydrogens is 308 g/mol. The molecule has 0 saturated heterocycles. The number of amides is 2. The van der Waals surface area contributed by atoms with Crippen LogP contribution in [0.3, 0.4) is 0 Å². The van der Waals surface area contributed by atoms with Gasteiger partial charge in [0.05, 0.1) is 0 Å². The van der Waals surface area contributed by atoms with Gasteiger partial charge in [-0.05, 0) is 17.7 Å². The first-order valence-corrected chi connectivity index (χ1v) is 7.45. The lowest BCUT2D eigenvalue weighted by Crippen LogP contribution is -2.49. The van der Waals surface area contributed by atoms with E-state index in [4.69, 9.17) is 5.11 Å². The van der Waals surface area contributed by atoms with E-state index in [1.807, 2.05) is 30.3 Å². The number of carbonyl (C=O) groups excluding carboxylic acids is 2. The number of carboxylic acid groups (broad SMARTS) is 1. The molecule has 0 aliphatic rings. The standard InChI is InChI=1S/C18H18N2O4/c21-16(22)12-19-18(24)15(11-13-7-3-1-4-8-13)20-17(23)14-9-5-2-6-10-14/h1-10,15H,11-12H2,(H,19,24)(H,20,23)(H,21,22). The van der Waals surface area contributed by atoms with E-state index in [2.05, 4.69) is 10.6 Å². The molecular formula is C18H18N2O4. The van der Waals surface area contributed by atoms with Crippen molar-refractivity contribution < 1.29 is 19.5 Å². The van der Waals surface area contributed by atoms with Gasteiger partial charge in [0.2, 0.25) is 5.91 Å². The summed E-state index contributed by atoms with van der Waals surface area (Å²) in [6.07, 6.45) is 0.269. The van der Waals surface area contributed by atoms with Gasteiger partial charge in [0.1, 0.15) is 12.6 Å². The first kappa shape index (κ1) is 17.2. The van der Waals surface area contributed by atoms with Crippen LogP contribution in [-0.4, -0.2) is 35.5 Å². The van der Waals surface area contributed by atoms with Crippen LogP contribution in [0.25, 0.3) is 0 Å². The molecule has 6 nitrogen and oxygen atoms in total. The number of benzene rings is 2. The third-order valence-electron chi connectivity index (χ3n) is 3.35. The molecule has 2 amide bonds. The first-order chi connectivity index (χ1) is 11.6. The second kappa shape index (κ2) is 8.47. The lowest BCUT2D eigenvalue weighted by molar-refractivity contribution is -0.138. The number of aliphatic carboxylic acids is 1. The van der Waals surface area contributed by atoms with E-state index in [1.54, 1.807) is 30.3 Å². The van der Waals surface area contributed by atoms with Crippen molar-refractivity contribution in [2.45, 2.75) is 12.5 Å². The van der Waals surface area contributed by atoms with Crippen molar-refractivity contribution in [1.29, 1.82) is 0 Å². The van der Waals surface area contributed by atoms with Crippen LogP contribution < -0.4 is 10.6 Å². The highest BCUT2D eigenvalue weighted by Gasteiger charge is 2.22.